The minimum atomic E-state index is 0.894. The Balaban J connectivity index is 1.26. The second-order valence-electron chi connectivity index (χ2n) is 13.2. The van der Waals surface area contributed by atoms with Crippen LogP contribution < -0.4 is 4.74 Å². The summed E-state index contributed by atoms with van der Waals surface area (Å²) in [5, 5.41) is 14.9. The Labute approximate surface area is 283 Å². The smallest absolute Gasteiger partial charge is 0.136 e. The third kappa shape index (κ3) is 3.76. The first-order valence-electron chi connectivity index (χ1n) is 16.9. The number of ether oxygens (including phenoxy) is 1. The molecule has 1 nitrogen and oxygen atoms in total. The summed E-state index contributed by atoms with van der Waals surface area (Å²) in [4.78, 5) is 0. The first kappa shape index (κ1) is 26.6. The van der Waals surface area contributed by atoms with Crippen molar-refractivity contribution in [2.24, 2.45) is 0 Å². The van der Waals surface area contributed by atoms with E-state index in [9.17, 15) is 0 Å². The lowest BCUT2D eigenvalue weighted by atomic mass is 9.82. The van der Waals surface area contributed by atoms with Gasteiger partial charge in [-0.3, -0.25) is 0 Å². The van der Waals surface area contributed by atoms with Crippen LogP contribution in [0.5, 0.6) is 11.5 Å². The van der Waals surface area contributed by atoms with Crippen LogP contribution >= 0.6 is 0 Å². The fraction of sp³-hybridized carbons (Fsp3) is 0. The van der Waals surface area contributed by atoms with Crippen molar-refractivity contribution in [3.8, 4) is 44.9 Å². The highest BCUT2D eigenvalue weighted by Gasteiger charge is 2.24. The normalized spacial score (nSPS) is 12.2. The summed E-state index contributed by atoms with van der Waals surface area (Å²) < 4.78 is 6.70. The molecule has 0 saturated carbocycles. The van der Waals surface area contributed by atoms with E-state index in [4.69, 9.17) is 4.74 Å². The zero-order valence-corrected chi connectivity index (χ0v) is 26.6. The van der Waals surface area contributed by atoms with Gasteiger partial charge in [-0.05, 0) is 105 Å². The highest BCUT2D eigenvalue weighted by atomic mass is 16.5. The summed E-state index contributed by atoms with van der Waals surface area (Å²) in [6.45, 7) is 0. The molecule has 0 unspecified atom stereocenters. The Morgan fingerprint density at radius 2 is 0.898 bits per heavy atom. The van der Waals surface area contributed by atoms with E-state index >= 15 is 0 Å². The van der Waals surface area contributed by atoms with E-state index in [1.807, 2.05) is 0 Å². The summed E-state index contributed by atoms with van der Waals surface area (Å²) in [7, 11) is 0. The molecule has 0 N–H and O–H groups in total. The van der Waals surface area contributed by atoms with Crippen LogP contribution in [0.4, 0.5) is 0 Å². The van der Waals surface area contributed by atoms with Gasteiger partial charge >= 0.3 is 0 Å². The second kappa shape index (κ2) is 10.0. The second-order valence-corrected chi connectivity index (χ2v) is 13.2. The summed E-state index contributed by atoms with van der Waals surface area (Å²) in [6, 6.07) is 62.1. The molecule has 0 bridgehead atoms. The van der Waals surface area contributed by atoms with Crippen molar-refractivity contribution in [2.45, 2.75) is 0 Å². The number of hydrogen-bond donors (Lipinski definition) is 0. The molecule has 0 fully saturated rings. The van der Waals surface area contributed by atoms with Crippen molar-refractivity contribution in [2.75, 3.05) is 0 Å². The van der Waals surface area contributed by atoms with Crippen LogP contribution in [0.25, 0.3) is 98.0 Å². The fourth-order valence-corrected chi connectivity index (χ4v) is 8.51. The van der Waals surface area contributed by atoms with Gasteiger partial charge in [-0.15, -0.1) is 0 Å². The molecule has 0 aromatic heterocycles. The van der Waals surface area contributed by atoms with E-state index in [1.54, 1.807) is 0 Å². The third-order valence-corrected chi connectivity index (χ3v) is 10.6. The summed E-state index contributed by atoms with van der Waals surface area (Å²) in [5.41, 5.74) is 7.32. The Morgan fingerprint density at radius 3 is 1.73 bits per heavy atom. The first-order chi connectivity index (χ1) is 24.3. The van der Waals surface area contributed by atoms with Gasteiger partial charge in [0.05, 0.1) is 0 Å². The molecule has 226 valence electrons. The molecule has 0 aliphatic carbocycles. The molecular formula is C48H28O. The molecule has 10 aromatic carbocycles. The molecule has 49 heavy (non-hydrogen) atoms. The van der Waals surface area contributed by atoms with Crippen LogP contribution in [0, 0.1) is 0 Å². The lowest BCUT2D eigenvalue weighted by molar-refractivity contribution is 0.488. The predicted molar refractivity (Wildman–Crippen MR) is 208 cm³/mol. The van der Waals surface area contributed by atoms with Gasteiger partial charge in [0.25, 0.3) is 0 Å². The minimum Gasteiger partial charge on any atom is -0.456 e. The van der Waals surface area contributed by atoms with Gasteiger partial charge in [0.1, 0.15) is 11.5 Å². The molecule has 1 heterocycles. The van der Waals surface area contributed by atoms with Gasteiger partial charge in [-0.2, -0.15) is 0 Å². The zero-order valence-electron chi connectivity index (χ0n) is 26.6. The van der Waals surface area contributed by atoms with Gasteiger partial charge in [-0.25, -0.2) is 0 Å². The molecule has 1 heteroatoms. The Morgan fingerprint density at radius 1 is 0.286 bits per heavy atom. The highest BCUT2D eigenvalue weighted by molar-refractivity contribution is 6.29. The van der Waals surface area contributed by atoms with E-state index < -0.39 is 0 Å². The summed E-state index contributed by atoms with van der Waals surface area (Å²) in [6.07, 6.45) is 0. The SMILES string of the molecule is c1ccc2c(-c3c4ccccc4c(-c4ccc5c(c4)-c4cccc6c4c(cc4ccccc46)O5)c4ccc5ccccc5c34)cccc2c1. The molecule has 1 aliphatic heterocycles. The standard InChI is InChI=1S/C48H28O/c1-4-15-33-29(11-1)14-9-20-37(33)48-39-19-8-7-18-38(39)45(41-25-23-30-12-2-6-17-35(30)47(41)48)32-24-26-43-42(27-32)40-22-10-21-36-34-16-5-3-13-31(34)28-44(49-43)46(36)40/h1-28H. The molecule has 0 radical (unpaired) electrons. The number of hydrogen-bond acceptors (Lipinski definition) is 1. The van der Waals surface area contributed by atoms with Crippen LogP contribution in [-0.2, 0) is 0 Å². The average Bonchev–Trinajstić information content (AvgIpc) is 3.17. The first-order valence-corrected chi connectivity index (χ1v) is 16.9. The topological polar surface area (TPSA) is 9.23 Å². The average molecular weight is 621 g/mol. The molecule has 10 aromatic rings. The van der Waals surface area contributed by atoms with E-state index in [2.05, 4.69) is 170 Å². The van der Waals surface area contributed by atoms with Crippen LogP contribution in [0.3, 0.4) is 0 Å². The van der Waals surface area contributed by atoms with Gasteiger partial charge in [-0.1, -0.05) is 152 Å². The molecule has 0 spiro atoms. The summed E-state index contributed by atoms with van der Waals surface area (Å²) >= 11 is 0. The van der Waals surface area contributed by atoms with Crippen molar-refractivity contribution in [3.05, 3.63) is 170 Å². The molecule has 0 atom stereocenters. The van der Waals surface area contributed by atoms with E-state index in [-0.39, 0.29) is 0 Å². The number of rotatable bonds is 2. The summed E-state index contributed by atoms with van der Waals surface area (Å²) in [5.74, 6) is 1.82. The van der Waals surface area contributed by atoms with Crippen LogP contribution in [0.15, 0.2) is 170 Å². The Kier molecular flexibility index (Phi) is 5.45. The maximum atomic E-state index is 6.70. The quantitative estimate of drug-likeness (QED) is 0.138. The molecule has 1 aliphatic rings. The molecule has 11 rings (SSSR count). The van der Waals surface area contributed by atoms with Gasteiger partial charge in [0.15, 0.2) is 0 Å². The molecule has 0 saturated heterocycles. The van der Waals surface area contributed by atoms with Gasteiger partial charge in [0.2, 0.25) is 0 Å². The van der Waals surface area contributed by atoms with Crippen molar-refractivity contribution in [3.63, 3.8) is 0 Å². The number of benzene rings is 10. The van der Waals surface area contributed by atoms with Crippen molar-refractivity contribution >= 4 is 64.6 Å². The van der Waals surface area contributed by atoms with E-state index in [1.165, 1.54) is 92.5 Å². The van der Waals surface area contributed by atoms with Gasteiger partial charge in [0, 0.05) is 10.9 Å². The monoisotopic (exact) mass is 620 g/mol. The van der Waals surface area contributed by atoms with E-state index in [0.29, 0.717) is 0 Å². The Bertz CT molecular complexity index is 3020. The largest absolute Gasteiger partial charge is 0.456 e. The molecular weight excluding hydrogens is 593 g/mol. The lowest BCUT2D eigenvalue weighted by Crippen LogP contribution is -1.98. The maximum Gasteiger partial charge on any atom is 0.136 e. The van der Waals surface area contributed by atoms with Crippen LogP contribution in [0.1, 0.15) is 0 Å². The Hall–Kier alpha value is -6.44. The minimum absolute atomic E-state index is 0.894. The van der Waals surface area contributed by atoms with Crippen LogP contribution in [0.2, 0.25) is 0 Å². The lowest BCUT2D eigenvalue weighted by Gasteiger charge is -2.24. The van der Waals surface area contributed by atoms with Gasteiger partial charge < -0.3 is 4.74 Å². The maximum absolute atomic E-state index is 6.70. The van der Waals surface area contributed by atoms with Crippen molar-refractivity contribution in [1.82, 2.24) is 0 Å². The predicted octanol–water partition coefficient (Wildman–Crippen LogP) is 13.7. The highest BCUT2D eigenvalue weighted by Crippen LogP contribution is 2.52. The number of fused-ring (bicyclic) bond motifs is 9. The van der Waals surface area contributed by atoms with Crippen molar-refractivity contribution < 1.29 is 4.74 Å². The molecule has 0 amide bonds. The van der Waals surface area contributed by atoms with Crippen LogP contribution in [-0.4, -0.2) is 0 Å². The zero-order chi connectivity index (χ0) is 32.1. The third-order valence-electron chi connectivity index (χ3n) is 10.6. The van der Waals surface area contributed by atoms with E-state index in [0.717, 1.165) is 17.1 Å². The fourth-order valence-electron chi connectivity index (χ4n) is 8.51. The van der Waals surface area contributed by atoms with Crippen molar-refractivity contribution in [1.29, 1.82) is 0 Å².